The average Bonchev–Trinajstić information content (AvgIpc) is 3.59. The summed E-state index contributed by atoms with van der Waals surface area (Å²) in [6.45, 7) is 16.4. The molecule has 1 aromatic heterocycles. The smallest absolute Gasteiger partial charge is 1.00 e. The number of halogens is 2. The molecule has 2 aliphatic heterocycles. The third-order valence-electron chi connectivity index (χ3n) is 9.03. The summed E-state index contributed by atoms with van der Waals surface area (Å²) >= 11 is 1.58. The van der Waals surface area contributed by atoms with Crippen molar-refractivity contribution in [2.24, 2.45) is 0 Å². The van der Waals surface area contributed by atoms with Gasteiger partial charge in [0.25, 0.3) is 0 Å². The molecular formula is C36H38Cl2NSiZr. The van der Waals surface area contributed by atoms with Gasteiger partial charge in [0.05, 0.1) is 8.07 Å². The Morgan fingerprint density at radius 2 is 1.41 bits per heavy atom. The van der Waals surface area contributed by atoms with Gasteiger partial charge in [-0.2, -0.15) is 0 Å². The van der Waals surface area contributed by atoms with E-state index in [9.17, 15) is 0 Å². The van der Waals surface area contributed by atoms with E-state index in [2.05, 4.69) is 144 Å². The van der Waals surface area contributed by atoms with Crippen LogP contribution in [-0.4, -0.2) is 12.6 Å². The molecule has 3 aromatic carbocycles. The van der Waals surface area contributed by atoms with Crippen molar-refractivity contribution >= 4 is 19.3 Å². The maximum atomic E-state index is 2.51. The minimum absolute atomic E-state index is 0. The Morgan fingerprint density at radius 1 is 0.756 bits per heavy atom. The fourth-order valence-corrected chi connectivity index (χ4v) is 12.2. The average molecular weight is 675 g/mol. The predicted molar refractivity (Wildman–Crippen MR) is 166 cm³/mol. The Morgan fingerprint density at radius 3 is 2.00 bits per heavy atom. The van der Waals surface area contributed by atoms with Crippen LogP contribution in [0.1, 0.15) is 71.6 Å². The third-order valence-corrected chi connectivity index (χ3v) is 15.0. The Hall–Kier alpha value is -1.90. The van der Waals surface area contributed by atoms with Gasteiger partial charge in [-0.1, -0.05) is 42.1 Å². The second-order valence-corrected chi connectivity index (χ2v) is 19.0. The molecule has 0 N–H and O–H groups in total. The quantitative estimate of drug-likeness (QED) is 0.286. The summed E-state index contributed by atoms with van der Waals surface area (Å²) in [6, 6.07) is 26.5. The summed E-state index contributed by atoms with van der Waals surface area (Å²) in [5.74, 6) is 0. The third kappa shape index (κ3) is 5.38. The number of nitrogens with zero attached hydrogens (tertiary/aromatic N) is 1. The van der Waals surface area contributed by atoms with Crippen LogP contribution in [0.3, 0.4) is 0 Å². The first kappa shape index (κ1) is 32.0. The molecular weight excluding hydrogens is 637 g/mol. The van der Waals surface area contributed by atoms with Crippen molar-refractivity contribution in [2.75, 3.05) is 0 Å². The van der Waals surface area contributed by atoms with Gasteiger partial charge in [0.1, 0.15) is 0 Å². The number of aromatic nitrogens is 1. The minimum Gasteiger partial charge on any atom is -1.00 e. The van der Waals surface area contributed by atoms with Gasteiger partial charge in [0.2, 0.25) is 0 Å². The van der Waals surface area contributed by atoms with Crippen LogP contribution >= 0.6 is 0 Å². The van der Waals surface area contributed by atoms with Gasteiger partial charge >= 0.3 is 143 Å². The summed E-state index contributed by atoms with van der Waals surface area (Å²) in [6.07, 6.45) is 7.07. The van der Waals surface area contributed by atoms with Gasteiger partial charge in [-0.3, -0.25) is 0 Å². The van der Waals surface area contributed by atoms with E-state index in [1.807, 2.05) is 0 Å². The van der Waals surface area contributed by atoms with Gasteiger partial charge in [0, 0.05) is 23.6 Å². The predicted octanol–water partition coefficient (Wildman–Crippen LogP) is 3.81. The fourth-order valence-electron chi connectivity index (χ4n) is 7.05. The maximum Gasteiger partial charge on any atom is -1.00 e. The fraction of sp³-hybridized carbons (Fsp3) is 0.278. The maximum absolute atomic E-state index is 2.51. The first-order valence-electron chi connectivity index (χ1n) is 14.1. The molecule has 2 bridgehead atoms. The molecule has 0 radical (unpaired) electrons. The van der Waals surface area contributed by atoms with Gasteiger partial charge in [0.15, 0.2) is 0 Å². The Bertz CT molecular complexity index is 1640. The summed E-state index contributed by atoms with van der Waals surface area (Å²) in [5.41, 5.74) is 15.6. The zero-order valence-electron chi connectivity index (χ0n) is 25.0. The van der Waals surface area contributed by atoms with E-state index in [1.54, 1.807) is 41.1 Å². The van der Waals surface area contributed by atoms with Crippen LogP contribution in [0.15, 0.2) is 96.3 Å². The van der Waals surface area contributed by atoms with E-state index < -0.39 is 8.07 Å². The van der Waals surface area contributed by atoms with Crippen LogP contribution in [0, 0.1) is 0 Å². The zero-order chi connectivity index (χ0) is 27.7. The SMILES string of the molecule is CC1=C2c3cn(-c4ccccc4)cc3C1[Si]2(C)C.CC1=Cc2c(-c3ccc(C(C)(C)C)cc3)cccc2[CH]1[Zr+2].[Cl-].[Cl-]. The van der Waals surface area contributed by atoms with E-state index in [0.29, 0.717) is 3.63 Å². The molecule has 0 spiro atoms. The van der Waals surface area contributed by atoms with E-state index in [-0.39, 0.29) is 30.2 Å². The van der Waals surface area contributed by atoms with Crippen LogP contribution < -0.4 is 24.8 Å². The van der Waals surface area contributed by atoms with Crippen molar-refractivity contribution in [3.05, 3.63) is 124 Å². The molecule has 0 saturated heterocycles. The number of para-hydroxylation sites is 1. The monoisotopic (exact) mass is 672 g/mol. The van der Waals surface area contributed by atoms with E-state index in [4.69, 9.17) is 0 Å². The zero-order valence-corrected chi connectivity index (χ0v) is 30.0. The molecule has 5 heteroatoms. The van der Waals surface area contributed by atoms with Crippen molar-refractivity contribution < 1.29 is 49.5 Å². The first-order valence-corrected chi connectivity index (χ1v) is 18.6. The van der Waals surface area contributed by atoms with Crippen LogP contribution in [0.25, 0.3) is 28.1 Å². The van der Waals surface area contributed by atoms with Crippen molar-refractivity contribution in [3.8, 4) is 16.8 Å². The standard InChI is InChI=1S/C20H21.C16H17NSi.2ClH.Zr/c1-14-12-16-6-5-7-18(19(16)13-14)15-8-10-17(11-9-15)20(2,3)4;1-11-15-13-9-17(12-7-5-4-6-8-12)10-14(13)16(11)18(15,2)3;;;/h5-13H,1-4H3;4-10,15H,1-3H3;2*1H;/q;;;;+2/p-2. The summed E-state index contributed by atoms with van der Waals surface area (Å²) in [4.78, 5) is 0. The van der Waals surface area contributed by atoms with Crippen molar-refractivity contribution in [1.29, 1.82) is 0 Å². The Labute approximate surface area is 274 Å². The molecule has 3 heterocycles. The molecule has 4 aliphatic rings. The van der Waals surface area contributed by atoms with E-state index >= 15 is 0 Å². The molecule has 0 fully saturated rings. The van der Waals surface area contributed by atoms with Crippen molar-refractivity contribution in [1.82, 2.24) is 4.57 Å². The molecule has 2 aliphatic carbocycles. The number of hydrogen-bond acceptors (Lipinski definition) is 0. The van der Waals surface area contributed by atoms with E-state index in [0.717, 1.165) is 5.54 Å². The van der Waals surface area contributed by atoms with Crippen LogP contribution in [-0.2, 0) is 30.1 Å². The topological polar surface area (TPSA) is 4.93 Å². The molecule has 0 saturated carbocycles. The Kier molecular flexibility index (Phi) is 9.10. The van der Waals surface area contributed by atoms with Crippen LogP contribution in [0.5, 0.6) is 0 Å². The molecule has 2 unspecified atom stereocenters. The van der Waals surface area contributed by atoms with Crippen LogP contribution in [0.4, 0.5) is 0 Å². The number of allylic oxidation sites excluding steroid dienone is 2. The van der Waals surface area contributed by atoms with Gasteiger partial charge in [-0.15, -0.1) is 0 Å². The molecule has 1 nitrogen and oxygen atoms in total. The van der Waals surface area contributed by atoms with Gasteiger partial charge in [-0.05, 0) is 30.2 Å². The minimum atomic E-state index is -1.12. The second-order valence-electron chi connectivity index (χ2n) is 13.0. The van der Waals surface area contributed by atoms with Crippen molar-refractivity contribution in [3.63, 3.8) is 0 Å². The summed E-state index contributed by atoms with van der Waals surface area (Å²) in [5, 5.41) is 1.72. The van der Waals surface area contributed by atoms with Gasteiger partial charge < -0.3 is 29.4 Å². The summed E-state index contributed by atoms with van der Waals surface area (Å²) < 4.78 is 2.93. The van der Waals surface area contributed by atoms with Crippen LogP contribution in [0.2, 0.25) is 13.1 Å². The second kappa shape index (κ2) is 11.6. The number of fused-ring (bicyclic) bond motifs is 1. The molecule has 41 heavy (non-hydrogen) atoms. The number of hydrogen-bond donors (Lipinski definition) is 0. The number of rotatable bonds is 2. The van der Waals surface area contributed by atoms with Gasteiger partial charge in [-0.25, -0.2) is 0 Å². The molecule has 2 atom stereocenters. The largest absolute Gasteiger partial charge is 1.00 e. The Balaban J connectivity index is 0.000000182. The molecule has 0 amide bonds. The first-order chi connectivity index (χ1) is 18.5. The van der Waals surface area contributed by atoms with E-state index in [1.165, 1.54) is 44.6 Å². The normalized spacial score (nSPS) is 19.1. The summed E-state index contributed by atoms with van der Waals surface area (Å²) in [7, 11) is -1.12. The molecule has 8 rings (SSSR count). The molecule has 4 aromatic rings. The van der Waals surface area contributed by atoms with Crippen molar-refractivity contribution in [2.45, 2.75) is 62.3 Å². The number of benzene rings is 3. The molecule has 209 valence electrons.